The van der Waals surface area contributed by atoms with Gasteiger partial charge in [0.1, 0.15) is 5.82 Å². The van der Waals surface area contributed by atoms with E-state index < -0.39 is 0 Å². The first-order valence-corrected chi connectivity index (χ1v) is 9.58. The lowest BCUT2D eigenvalue weighted by Gasteiger charge is -2.12. The smallest absolute Gasteiger partial charge is 0.190 e. The fourth-order valence-electron chi connectivity index (χ4n) is 2.67. The van der Waals surface area contributed by atoms with E-state index in [1.807, 2.05) is 18.2 Å². The zero-order valence-electron chi connectivity index (χ0n) is 16.5. The van der Waals surface area contributed by atoms with Gasteiger partial charge in [0.05, 0.1) is 6.61 Å². The second-order valence-corrected chi connectivity index (χ2v) is 6.36. The summed E-state index contributed by atoms with van der Waals surface area (Å²) in [6.45, 7) is 3.17. The normalized spacial score (nSPS) is 11.0. The molecule has 0 aliphatic carbocycles. The van der Waals surface area contributed by atoms with Gasteiger partial charge in [-0.1, -0.05) is 42.5 Å². The molecular formula is C22H31FIN3O. The highest BCUT2D eigenvalue weighted by atomic mass is 127. The number of unbranched alkanes of at least 4 members (excludes halogenated alkanes) is 1. The molecule has 0 saturated carbocycles. The molecule has 2 rings (SSSR count). The number of hydrogen-bond donors (Lipinski definition) is 2. The Hall–Kier alpha value is -1.67. The molecule has 0 bridgehead atoms. The highest BCUT2D eigenvalue weighted by Crippen LogP contribution is 2.03. The summed E-state index contributed by atoms with van der Waals surface area (Å²) in [5.74, 6) is 0.593. The summed E-state index contributed by atoms with van der Waals surface area (Å²) in [6, 6.07) is 17.0. The Balaban J connectivity index is 0.00000392. The van der Waals surface area contributed by atoms with Crippen molar-refractivity contribution < 1.29 is 9.13 Å². The summed E-state index contributed by atoms with van der Waals surface area (Å²) in [6.07, 6.45) is 3.85. The molecule has 0 spiro atoms. The first-order valence-electron chi connectivity index (χ1n) is 9.58. The summed E-state index contributed by atoms with van der Waals surface area (Å²) in [5.41, 5.74) is 2.42. The molecule has 0 heterocycles. The predicted octanol–water partition coefficient (Wildman–Crippen LogP) is 4.19. The molecule has 0 aliphatic rings. The van der Waals surface area contributed by atoms with E-state index in [-0.39, 0.29) is 29.8 Å². The van der Waals surface area contributed by atoms with Crippen LogP contribution in [0.3, 0.4) is 0 Å². The van der Waals surface area contributed by atoms with Crippen molar-refractivity contribution in [2.45, 2.75) is 25.7 Å². The highest BCUT2D eigenvalue weighted by molar-refractivity contribution is 14.0. The minimum absolute atomic E-state index is 0. The van der Waals surface area contributed by atoms with Crippen LogP contribution in [0.4, 0.5) is 4.39 Å². The molecule has 0 atom stereocenters. The molecule has 4 nitrogen and oxygen atoms in total. The van der Waals surface area contributed by atoms with Gasteiger partial charge in [0.25, 0.3) is 0 Å². The summed E-state index contributed by atoms with van der Waals surface area (Å²) in [5, 5.41) is 6.58. The van der Waals surface area contributed by atoms with Gasteiger partial charge in [-0.05, 0) is 48.9 Å². The predicted molar refractivity (Wildman–Crippen MR) is 125 cm³/mol. The van der Waals surface area contributed by atoms with Crippen LogP contribution in [0.5, 0.6) is 0 Å². The number of benzene rings is 2. The Morgan fingerprint density at radius 2 is 1.54 bits per heavy atom. The van der Waals surface area contributed by atoms with Crippen LogP contribution in [0.1, 0.15) is 24.0 Å². The molecule has 0 radical (unpaired) electrons. The Kier molecular flexibility index (Phi) is 13.3. The van der Waals surface area contributed by atoms with Crippen LogP contribution in [0.2, 0.25) is 0 Å². The first kappa shape index (κ1) is 24.4. The number of guanidine groups is 1. The third kappa shape index (κ3) is 10.6. The van der Waals surface area contributed by atoms with Crippen molar-refractivity contribution in [2.24, 2.45) is 4.99 Å². The monoisotopic (exact) mass is 499 g/mol. The van der Waals surface area contributed by atoms with E-state index in [4.69, 9.17) is 4.74 Å². The molecule has 0 aliphatic heterocycles. The van der Waals surface area contributed by atoms with E-state index in [0.717, 1.165) is 63.5 Å². The maximum Gasteiger partial charge on any atom is 0.190 e. The molecular weight excluding hydrogens is 468 g/mol. The lowest BCUT2D eigenvalue weighted by Crippen LogP contribution is -2.38. The summed E-state index contributed by atoms with van der Waals surface area (Å²) in [4.78, 5) is 4.22. The quantitative estimate of drug-likeness (QED) is 0.211. The van der Waals surface area contributed by atoms with E-state index in [2.05, 4.69) is 39.9 Å². The number of halogens is 2. The van der Waals surface area contributed by atoms with Gasteiger partial charge in [-0.25, -0.2) is 4.39 Å². The fraction of sp³-hybridized carbons (Fsp3) is 0.409. The third-order valence-corrected chi connectivity index (χ3v) is 4.23. The molecule has 0 unspecified atom stereocenters. The van der Waals surface area contributed by atoms with Crippen LogP contribution in [-0.4, -0.2) is 39.3 Å². The van der Waals surface area contributed by atoms with Crippen molar-refractivity contribution in [1.82, 2.24) is 10.6 Å². The summed E-state index contributed by atoms with van der Waals surface area (Å²) >= 11 is 0. The van der Waals surface area contributed by atoms with Crippen LogP contribution in [0.25, 0.3) is 0 Å². The largest absolute Gasteiger partial charge is 0.381 e. The van der Waals surface area contributed by atoms with Gasteiger partial charge < -0.3 is 15.4 Å². The maximum atomic E-state index is 12.9. The number of nitrogens with zero attached hydrogens (tertiary/aromatic N) is 1. The maximum absolute atomic E-state index is 12.9. The second kappa shape index (κ2) is 15.3. The molecule has 0 amide bonds. The van der Waals surface area contributed by atoms with E-state index in [0.29, 0.717) is 0 Å². The van der Waals surface area contributed by atoms with Gasteiger partial charge in [-0.3, -0.25) is 4.99 Å². The topological polar surface area (TPSA) is 45.7 Å². The van der Waals surface area contributed by atoms with E-state index in [1.165, 1.54) is 17.7 Å². The number of nitrogens with one attached hydrogen (secondary N) is 2. The van der Waals surface area contributed by atoms with Gasteiger partial charge in [0.15, 0.2) is 5.96 Å². The van der Waals surface area contributed by atoms with Gasteiger partial charge in [-0.15, -0.1) is 24.0 Å². The van der Waals surface area contributed by atoms with Crippen molar-refractivity contribution in [3.05, 3.63) is 71.5 Å². The molecule has 0 fully saturated rings. The number of ether oxygens (including phenoxy) is 1. The SMILES string of the molecule is CN=C(NCCCCOCCc1ccccc1)NCCc1ccc(F)cc1.I. The van der Waals surface area contributed by atoms with Crippen LogP contribution < -0.4 is 10.6 Å². The molecule has 2 N–H and O–H groups in total. The third-order valence-electron chi connectivity index (χ3n) is 4.23. The second-order valence-electron chi connectivity index (χ2n) is 6.36. The Labute approximate surface area is 185 Å². The highest BCUT2D eigenvalue weighted by Gasteiger charge is 1.99. The molecule has 0 saturated heterocycles. The molecule has 154 valence electrons. The van der Waals surface area contributed by atoms with Gasteiger partial charge in [-0.2, -0.15) is 0 Å². The van der Waals surface area contributed by atoms with Crippen LogP contribution in [0.15, 0.2) is 59.6 Å². The van der Waals surface area contributed by atoms with Gasteiger partial charge in [0.2, 0.25) is 0 Å². The zero-order valence-corrected chi connectivity index (χ0v) is 18.8. The molecule has 28 heavy (non-hydrogen) atoms. The van der Waals surface area contributed by atoms with E-state index >= 15 is 0 Å². The molecule has 6 heteroatoms. The molecule has 2 aromatic carbocycles. The van der Waals surface area contributed by atoms with Crippen LogP contribution in [-0.2, 0) is 17.6 Å². The van der Waals surface area contributed by atoms with Crippen molar-refractivity contribution in [3.8, 4) is 0 Å². The van der Waals surface area contributed by atoms with Gasteiger partial charge >= 0.3 is 0 Å². The van der Waals surface area contributed by atoms with Crippen LogP contribution >= 0.6 is 24.0 Å². The fourth-order valence-corrected chi connectivity index (χ4v) is 2.67. The number of hydrogen-bond acceptors (Lipinski definition) is 2. The zero-order chi connectivity index (χ0) is 19.2. The summed E-state index contributed by atoms with van der Waals surface area (Å²) < 4.78 is 18.6. The van der Waals surface area contributed by atoms with E-state index in [9.17, 15) is 4.39 Å². The molecule has 2 aromatic rings. The Morgan fingerprint density at radius 1 is 0.857 bits per heavy atom. The average molecular weight is 499 g/mol. The Morgan fingerprint density at radius 3 is 2.25 bits per heavy atom. The minimum Gasteiger partial charge on any atom is -0.381 e. The lowest BCUT2D eigenvalue weighted by atomic mass is 10.1. The molecule has 0 aromatic heterocycles. The van der Waals surface area contributed by atoms with Crippen LogP contribution in [0, 0.1) is 5.82 Å². The van der Waals surface area contributed by atoms with Gasteiger partial charge in [0, 0.05) is 26.7 Å². The number of aliphatic imine (C=N–C) groups is 1. The van der Waals surface area contributed by atoms with Crippen molar-refractivity contribution in [3.63, 3.8) is 0 Å². The van der Waals surface area contributed by atoms with Crippen molar-refractivity contribution >= 4 is 29.9 Å². The van der Waals surface area contributed by atoms with Crippen molar-refractivity contribution in [2.75, 3.05) is 33.4 Å². The standard InChI is InChI=1S/C22H30FN3O.HI/c1-24-22(26-16-13-20-9-11-21(23)12-10-20)25-15-5-6-17-27-18-14-19-7-3-2-4-8-19;/h2-4,7-12H,5-6,13-18H2,1H3,(H2,24,25,26);1H. The van der Waals surface area contributed by atoms with Crippen molar-refractivity contribution in [1.29, 1.82) is 0 Å². The Bertz CT molecular complexity index is 665. The lowest BCUT2D eigenvalue weighted by molar-refractivity contribution is 0.133. The summed E-state index contributed by atoms with van der Waals surface area (Å²) in [7, 11) is 1.76. The average Bonchev–Trinajstić information content (AvgIpc) is 2.70. The van der Waals surface area contributed by atoms with E-state index in [1.54, 1.807) is 7.05 Å². The number of rotatable bonds is 11. The first-order chi connectivity index (χ1) is 13.3. The minimum atomic E-state index is -0.201.